The van der Waals surface area contributed by atoms with Gasteiger partial charge in [0.25, 0.3) is 5.91 Å². The number of carbonyl (C=O) groups is 1. The summed E-state index contributed by atoms with van der Waals surface area (Å²) in [6.45, 7) is 7.17. The molecule has 3 aromatic rings. The first-order chi connectivity index (χ1) is 15.9. The van der Waals surface area contributed by atoms with E-state index in [1.807, 2.05) is 69.3 Å². The van der Waals surface area contributed by atoms with Crippen molar-refractivity contribution < 1.29 is 14.3 Å². The zero-order valence-corrected chi connectivity index (χ0v) is 20.2. The maximum absolute atomic E-state index is 12.0. The predicted octanol–water partition coefficient (Wildman–Crippen LogP) is 2.85. The predicted molar refractivity (Wildman–Crippen MR) is 128 cm³/mol. The van der Waals surface area contributed by atoms with Crippen molar-refractivity contribution in [2.75, 3.05) is 26.0 Å². The van der Waals surface area contributed by atoms with Crippen LogP contribution in [0.5, 0.6) is 11.5 Å². The Kier molecular flexibility index (Phi) is 8.67. The Balaban J connectivity index is 1.45. The van der Waals surface area contributed by atoms with Crippen LogP contribution in [0.1, 0.15) is 26.3 Å². The lowest BCUT2D eigenvalue weighted by molar-refractivity contribution is -0.124. The minimum absolute atomic E-state index is 0.0646. The van der Waals surface area contributed by atoms with Crippen LogP contribution in [0.25, 0.3) is 5.69 Å². The quantitative estimate of drug-likeness (QED) is 0.326. The number of carbonyl (C=O) groups excluding carboxylic acids is 1. The molecule has 0 bridgehead atoms. The number of aromatic nitrogens is 4. The Morgan fingerprint density at radius 2 is 1.91 bits per heavy atom. The molecule has 0 radical (unpaired) electrons. The van der Waals surface area contributed by atoms with Crippen LogP contribution in [0.4, 0.5) is 0 Å². The van der Waals surface area contributed by atoms with Crippen LogP contribution < -0.4 is 20.1 Å². The third-order valence-electron chi connectivity index (χ3n) is 4.38. The van der Waals surface area contributed by atoms with Gasteiger partial charge in [0, 0.05) is 24.4 Å². The molecular formula is C23H30N6O3S. The first-order valence-corrected chi connectivity index (χ1v) is 11.6. The number of rotatable bonds is 11. The van der Waals surface area contributed by atoms with Gasteiger partial charge in [-0.05, 0) is 61.0 Å². The van der Waals surface area contributed by atoms with Crippen molar-refractivity contribution in [3.05, 3.63) is 54.1 Å². The molecule has 33 heavy (non-hydrogen) atoms. The second kappa shape index (κ2) is 11.7. The Hall–Kier alpha value is -3.11. The van der Waals surface area contributed by atoms with E-state index in [4.69, 9.17) is 9.47 Å². The number of hydrogen-bond donors (Lipinski definition) is 2. The van der Waals surface area contributed by atoms with E-state index in [-0.39, 0.29) is 18.1 Å². The van der Waals surface area contributed by atoms with E-state index in [1.54, 1.807) is 23.6 Å². The molecule has 10 heteroatoms. The van der Waals surface area contributed by atoms with Crippen molar-refractivity contribution in [3.8, 4) is 17.2 Å². The lowest BCUT2D eigenvalue weighted by Crippen LogP contribution is -2.43. The molecule has 0 fully saturated rings. The number of ether oxygens (including phenoxy) is 2. The molecule has 2 aromatic carbocycles. The fourth-order valence-corrected chi connectivity index (χ4v) is 3.77. The average molecular weight is 471 g/mol. The zero-order chi connectivity index (χ0) is 23.7. The highest BCUT2D eigenvalue weighted by Crippen LogP contribution is 2.28. The zero-order valence-electron chi connectivity index (χ0n) is 19.4. The summed E-state index contributed by atoms with van der Waals surface area (Å²) in [5.41, 5.74) is 1.69. The van der Waals surface area contributed by atoms with Crippen LogP contribution in [-0.4, -0.2) is 57.7 Å². The summed E-state index contributed by atoms with van der Waals surface area (Å²) in [4.78, 5) is 12.0. The van der Waals surface area contributed by atoms with Crippen molar-refractivity contribution in [3.63, 3.8) is 0 Å². The molecule has 1 amide bonds. The minimum Gasteiger partial charge on any atom is -0.493 e. The van der Waals surface area contributed by atoms with E-state index < -0.39 is 0 Å². The molecule has 3 rings (SSSR count). The highest BCUT2D eigenvalue weighted by molar-refractivity contribution is 7.99. The maximum Gasteiger partial charge on any atom is 0.258 e. The fourth-order valence-electron chi connectivity index (χ4n) is 2.99. The number of nitrogens with zero attached hydrogens (tertiary/aromatic N) is 4. The van der Waals surface area contributed by atoms with E-state index in [2.05, 4.69) is 26.2 Å². The highest BCUT2D eigenvalue weighted by Gasteiger charge is 2.15. The summed E-state index contributed by atoms with van der Waals surface area (Å²) in [5, 5.41) is 19.0. The van der Waals surface area contributed by atoms with Gasteiger partial charge in [-0.2, -0.15) is 4.68 Å². The number of thioether (sulfide) groups is 1. The first kappa shape index (κ1) is 24.5. The second-order valence-corrected chi connectivity index (χ2v) is 9.37. The topological polar surface area (TPSA) is 103 Å². The summed E-state index contributed by atoms with van der Waals surface area (Å²) in [6.07, 6.45) is 0. The molecule has 0 aliphatic carbocycles. The van der Waals surface area contributed by atoms with Gasteiger partial charge >= 0.3 is 0 Å². The normalized spacial score (nSPS) is 11.3. The lowest BCUT2D eigenvalue weighted by atomic mass is 10.1. The molecule has 176 valence electrons. The monoisotopic (exact) mass is 470 g/mol. The number of para-hydroxylation sites is 1. The smallest absolute Gasteiger partial charge is 0.258 e. The maximum atomic E-state index is 12.0. The number of hydrogen-bond acceptors (Lipinski definition) is 8. The summed E-state index contributed by atoms with van der Waals surface area (Å²) >= 11 is 1.59. The lowest BCUT2D eigenvalue weighted by Gasteiger charge is -2.20. The number of tetrazole rings is 1. The van der Waals surface area contributed by atoms with Crippen LogP contribution in [0.15, 0.2) is 53.7 Å². The van der Waals surface area contributed by atoms with Crippen LogP contribution in [0, 0.1) is 0 Å². The Bertz CT molecular complexity index is 1040. The molecule has 1 aromatic heterocycles. The van der Waals surface area contributed by atoms with Crippen LogP contribution in [-0.2, 0) is 11.3 Å². The molecule has 0 atom stereocenters. The third-order valence-corrected chi connectivity index (χ3v) is 5.30. The molecule has 0 aliphatic heterocycles. The van der Waals surface area contributed by atoms with Crippen LogP contribution >= 0.6 is 11.8 Å². The number of benzene rings is 2. The van der Waals surface area contributed by atoms with Gasteiger partial charge in [-0.3, -0.25) is 4.79 Å². The molecular weight excluding hydrogens is 440 g/mol. The van der Waals surface area contributed by atoms with Gasteiger partial charge in [-0.15, -0.1) is 5.10 Å². The van der Waals surface area contributed by atoms with Gasteiger partial charge in [0.2, 0.25) is 5.16 Å². The van der Waals surface area contributed by atoms with Crippen molar-refractivity contribution in [2.45, 2.75) is 38.0 Å². The third kappa shape index (κ3) is 7.76. The van der Waals surface area contributed by atoms with E-state index in [0.717, 1.165) is 28.7 Å². The molecule has 1 heterocycles. The Morgan fingerprint density at radius 1 is 1.12 bits per heavy atom. The molecule has 0 aliphatic rings. The van der Waals surface area contributed by atoms with Gasteiger partial charge in [0.05, 0.1) is 12.8 Å². The fraction of sp³-hybridized carbons (Fsp3) is 0.391. The summed E-state index contributed by atoms with van der Waals surface area (Å²) < 4.78 is 12.8. The van der Waals surface area contributed by atoms with Crippen LogP contribution in [0.2, 0.25) is 0 Å². The van der Waals surface area contributed by atoms with E-state index in [9.17, 15) is 4.79 Å². The molecule has 0 unspecified atom stereocenters. The SMILES string of the molecule is COc1cc(CNCCSc2nnnn2-c2ccccc2)ccc1OCC(=O)NC(C)(C)C. The Labute approximate surface area is 198 Å². The van der Waals surface area contributed by atoms with Crippen molar-refractivity contribution in [2.24, 2.45) is 0 Å². The van der Waals surface area contributed by atoms with E-state index in [1.165, 1.54) is 0 Å². The van der Waals surface area contributed by atoms with Crippen molar-refractivity contribution in [1.82, 2.24) is 30.8 Å². The molecule has 2 N–H and O–H groups in total. The van der Waals surface area contributed by atoms with Crippen molar-refractivity contribution in [1.29, 1.82) is 0 Å². The number of methoxy groups -OCH3 is 1. The average Bonchev–Trinajstić information content (AvgIpc) is 3.26. The summed E-state index contributed by atoms with van der Waals surface area (Å²) in [5.74, 6) is 1.77. The molecule has 0 spiro atoms. The Morgan fingerprint density at radius 3 is 2.64 bits per heavy atom. The first-order valence-electron chi connectivity index (χ1n) is 10.6. The van der Waals surface area contributed by atoms with Gasteiger partial charge < -0.3 is 20.1 Å². The largest absolute Gasteiger partial charge is 0.493 e. The summed E-state index contributed by atoms with van der Waals surface area (Å²) in [6, 6.07) is 15.5. The van der Waals surface area contributed by atoms with Gasteiger partial charge in [0.1, 0.15) is 0 Å². The second-order valence-electron chi connectivity index (χ2n) is 8.31. The van der Waals surface area contributed by atoms with Crippen molar-refractivity contribution >= 4 is 17.7 Å². The minimum atomic E-state index is -0.300. The van der Waals surface area contributed by atoms with E-state index in [0.29, 0.717) is 18.0 Å². The van der Waals surface area contributed by atoms with E-state index >= 15 is 0 Å². The number of nitrogens with one attached hydrogen (secondary N) is 2. The van der Waals surface area contributed by atoms with Gasteiger partial charge in [0.15, 0.2) is 18.1 Å². The van der Waals surface area contributed by atoms with Gasteiger partial charge in [-0.1, -0.05) is 36.0 Å². The standard InChI is InChI=1S/C23H30N6O3S/c1-23(2,3)25-21(30)16-32-19-11-10-17(14-20(19)31-4)15-24-12-13-33-22-26-27-28-29(22)18-8-6-5-7-9-18/h5-11,14,24H,12-13,15-16H2,1-4H3,(H,25,30). The molecule has 0 saturated heterocycles. The summed E-state index contributed by atoms with van der Waals surface area (Å²) in [7, 11) is 1.59. The van der Waals surface area contributed by atoms with Crippen LogP contribution in [0.3, 0.4) is 0 Å². The highest BCUT2D eigenvalue weighted by atomic mass is 32.2. The van der Waals surface area contributed by atoms with Gasteiger partial charge in [-0.25, -0.2) is 0 Å². The molecule has 9 nitrogen and oxygen atoms in total. The number of amides is 1. The molecule has 0 saturated carbocycles.